The van der Waals surface area contributed by atoms with Crippen molar-refractivity contribution >= 4 is 41.2 Å². The van der Waals surface area contributed by atoms with Crippen LogP contribution in [0.4, 0.5) is 17.3 Å². The predicted octanol–water partition coefficient (Wildman–Crippen LogP) is 3.54. The molecule has 0 saturated heterocycles. The van der Waals surface area contributed by atoms with Crippen LogP contribution in [-0.4, -0.2) is 41.3 Å². The lowest BCUT2D eigenvalue weighted by Crippen LogP contribution is -2.29. The van der Waals surface area contributed by atoms with Gasteiger partial charge >= 0.3 is 0 Å². The van der Waals surface area contributed by atoms with Gasteiger partial charge in [0.05, 0.1) is 0 Å². The van der Waals surface area contributed by atoms with Gasteiger partial charge in [-0.2, -0.15) is 5.10 Å². The minimum atomic E-state index is 0.0386. The molecule has 1 unspecified atom stereocenters. The molecule has 158 valence electrons. The molecule has 1 amide bonds. The molecule has 0 spiro atoms. The molecule has 4 rings (SSSR count). The summed E-state index contributed by atoms with van der Waals surface area (Å²) >= 11 is 1.51. The van der Waals surface area contributed by atoms with Crippen molar-refractivity contribution in [3.05, 3.63) is 30.3 Å². The smallest absolute Gasteiger partial charge is 0.227 e. The first-order valence-corrected chi connectivity index (χ1v) is 11.2. The van der Waals surface area contributed by atoms with Crippen LogP contribution in [0, 0.1) is 5.92 Å². The van der Waals surface area contributed by atoms with Crippen LogP contribution in [0.25, 0.3) is 0 Å². The highest BCUT2D eigenvalue weighted by Gasteiger charge is 2.29. The van der Waals surface area contributed by atoms with Crippen molar-refractivity contribution in [3.63, 3.8) is 0 Å². The van der Waals surface area contributed by atoms with Crippen molar-refractivity contribution in [2.24, 2.45) is 11.0 Å². The first-order chi connectivity index (χ1) is 14.6. The van der Waals surface area contributed by atoms with E-state index in [0.717, 1.165) is 54.6 Å². The van der Waals surface area contributed by atoms with Gasteiger partial charge in [0.15, 0.2) is 5.16 Å². The number of amides is 1. The topological polar surface area (TPSA) is 94.5 Å². The molecule has 1 aromatic heterocycles. The predicted molar refractivity (Wildman–Crippen MR) is 121 cm³/mol. The van der Waals surface area contributed by atoms with Gasteiger partial charge in [-0.1, -0.05) is 0 Å². The van der Waals surface area contributed by atoms with Gasteiger partial charge in [-0.25, -0.2) is 9.97 Å². The molecule has 0 radical (unpaired) electrons. The highest BCUT2D eigenvalue weighted by atomic mass is 32.2. The molecule has 1 aliphatic carbocycles. The minimum absolute atomic E-state index is 0.0386. The molecular formula is C21H27N7OS. The molecule has 3 N–H and O–H groups in total. The van der Waals surface area contributed by atoms with E-state index in [4.69, 9.17) is 9.97 Å². The highest BCUT2D eigenvalue weighted by molar-refractivity contribution is 7.99. The summed E-state index contributed by atoms with van der Waals surface area (Å²) in [5.74, 6) is 1.98. The van der Waals surface area contributed by atoms with Gasteiger partial charge in [0.25, 0.3) is 0 Å². The first-order valence-electron chi connectivity index (χ1n) is 10.4. The second-order valence-corrected chi connectivity index (χ2v) is 8.37. The number of carbonyl (C=O) groups is 1. The summed E-state index contributed by atoms with van der Waals surface area (Å²) in [6.45, 7) is 5.98. The lowest BCUT2D eigenvalue weighted by molar-refractivity contribution is -0.117. The van der Waals surface area contributed by atoms with Gasteiger partial charge in [-0.05, 0) is 62.7 Å². The van der Waals surface area contributed by atoms with E-state index in [1.165, 1.54) is 11.8 Å². The van der Waals surface area contributed by atoms with E-state index in [9.17, 15) is 4.79 Å². The molecular weight excluding hydrogens is 398 g/mol. The number of aromatic nitrogens is 2. The SMILES string of the molecule is CCN(CC)c1cc(NC2CC=NN2)nc(Sc2ccc(NC(=O)C3CC3)cc2)n1. The number of anilines is 3. The monoisotopic (exact) mass is 425 g/mol. The van der Waals surface area contributed by atoms with Crippen LogP contribution < -0.4 is 21.0 Å². The zero-order valence-corrected chi connectivity index (χ0v) is 18.1. The Morgan fingerprint density at radius 3 is 2.60 bits per heavy atom. The fourth-order valence-electron chi connectivity index (χ4n) is 3.17. The Morgan fingerprint density at radius 2 is 1.97 bits per heavy atom. The van der Waals surface area contributed by atoms with E-state index < -0.39 is 0 Å². The zero-order chi connectivity index (χ0) is 20.9. The average molecular weight is 426 g/mol. The Bertz CT molecular complexity index is 902. The summed E-state index contributed by atoms with van der Waals surface area (Å²) in [6, 6.07) is 9.80. The van der Waals surface area contributed by atoms with E-state index >= 15 is 0 Å². The zero-order valence-electron chi connectivity index (χ0n) is 17.3. The van der Waals surface area contributed by atoms with Crippen molar-refractivity contribution in [1.82, 2.24) is 15.4 Å². The second-order valence-electron chi connectivity index (χ2n) is 7.33. The summed E-state index contributed by atoms with van der Waals surface area (Å²) in [4.78, 5) is 24.6. The Labute approximate surface area is 180 Å². The number of nitrogens with one attached hydrogen (secondary N) is 3. The van der Waals surface area contributed by atoms with Crippen molar-refractivity contribution in [1.29, 1.82) is 0 Å². The molecule has 1 aliphatic heterocycles. The van der Waals surface area contributed by atoms with E-state index in [2.05, 4.69) is 39.9 Å². The normalized spacial score (nSPS) is 17.5. The third-order valence-electron chi connectivity index (χ3n) is 5.04. The summed E-state index contributed by atoms with van der Waals surface area (Å²) in [5.41, 5.74) is 3.85. The van der Waals surface area contributed by atoms with Gasteiger partial charge in [-0.15, -0.1) is 0 Å². The van der Waals surface area contributed by atoms with Crippen molar-refractivity contribution in [3.8, 4) is 0 Å². The largest absolute Gasteiger partial charge is 0.357 e. The molecule has 9 heteroatoms. The third kappa shape index (κ3) is 5.21. The van der Waals surface area contributed by atoms with E-state index in [1.807, 2.05) is 36.5 Å². The highest BCUT2D eigenvalue weighted by Crippen LogP contribution is 2.32. The molecule has 8 nitrogen and oxygen atoms in total. The number of rotatable bonds is 9. The van der Waals surface area contributed by atoms with E-state index in [0.29, 0.717) is 5.16 Å². The first kappa shape index (κ1) is 20.5. The number of benzene rings is 1. The number of carbonyl (C=O) groups excluding carboxylic acids is 1. The number of hydrazone groups is 1. The molecule has 30 heavy (non-hydrogen) atoms. The van der Waals surface area contributed by atoms with Gasteiger partial charge in [-0.3, -0.25) is 10.2 Å². The van der Waals surface area contributed by atoms with Crippen LogP contribution in [0.15, 0.2) is 45.5 Å². The summed E-state index contributed by atoms with van der Waals surface area (Å²) in [7, 11) is 0. The lowest BCUT2D eigenvalue weighted by atomic mass is 10.3. The maximum Gasteiger partial charge on any atom is 0.227 e. The van der Waals surface area contributed by atoms with Gasteiger partial charge in [0, 0.05) is 48.3 Å². The molecule has 1 saturated carbocycles. The molecule has 2 aromatic rings. The summed E-state index contributed by atoms with van der Waals surface area (Å²) in [6.07, 6.45) is 4.69. The second kappa shape index (κ2) is 9.34. The molecule has 0 bridgehead atoms. The van der Waals surface area contributed by atoms with E-state index in [-0.39, 0.29) is 18.0 Å². The molecule has 1 aromatic carbocycles. The Kier molecular flexibility index (Phi) is 6.37. The molecule has 1 fully saturated rings. The van der Waals surface area contributed by atoms with Crippen LogP contribution in [0.5, 0.6) is 0 Å². The van der Waals surface area contributed by atoms with Crippen molar-refractivity contribution in [2.75, 3.05) is 28.6 Å². The fraction of sp³-hybridized carbons (Fsp3) is 0.429. The molecule has 2 aliphatic rings. The maximum atomic E-state index is 11.9. The number of nitrogens with zero attached hydrogens (tertiary/aromatic N) is 4. The minimum Gasteiger partial charge on any atom is -0.357 e. The quantitative estimate of drug-likeness (QED) is 0.529. The summed E-state index contributed by atoms with van der Waals surface area (Å²) in [5, 5.41) is 11.1. The molecule has 2 heterocycles. The number of hydrogen-bond acceptors (Lipinski definition) is 8. The van der Waals surface area contributed by atoms with Crippen molar-refractivity contribution in [2.45, 2.75) is 49.3 Å². The van der Waals surface area contributed by atoms with Crippen LogP contribution in [-0.2, 0) is 4.79 Å². The van der Waals surface area contributed by atoms with E-state index in [1.54, 1.807) is 0 Å². The lowest BCUT2D eigenvalue weighted by Gasteiger charge is -2.22. The van der Waals surface area contributed by atoms with Crippen LogP contribution in [0.3, 0.4) is 0 Å². The number of hydrogen-bond donors (Lipinski definition) is 3. The Balaban J connectivity index is 1.49. The summed E-state index contributed by atoms with van der Waals surface area (Å²) < 4.78 is 0. The van der Waals surface area contributed by atoms with Gasteiger partial charge in [0.1, 0.15) is 17.8 Å². The van der Waals surface area contributed by atoms with Gasteiger partial charge in [0.2, 0.25) is 5.91 Å². The van der Waals surface area contributed by atoms with Gasteiger partial charge < -0.3 is 15.5 Å². The van der Waals surface area contributed by atoms with Crippen LogP contribution in [0.1, 0.15) is 33.1 Å². The standard InChI is InChI=1S/C21H27N7OS/c1-3-28(4-2)19-13-18(24-17-11-12-22-27-17)25-21(26-19)30-16-9-7-15(8-10-16)23-20(29)14-5-6-14/h7-10,12-14,17,27H,3-6,11H2,1-2H3,(H,23,29)(H,24,25,26). The average Bonchev–Trinajstić information content (AvgIpc) is 3.48. The third-order valence-corrected chi connectivity index (χ3v) is 5.92. The Morgan fingerprint density at radius 1 is 1.20 bits per heavy atom. The Hall–Kier alpha value is -2.81. The fourth-order valence-corrected chi connectivity index (χ4v) is 3.93. The maximum absolute atomic E-state index is 11.9. The van der Waals surface area contributed by atoms with Crippen molar-refractivity contribution < 1.29 is 4.79 Å². The van der Waals surface area contributed by atoms with Crippen LogP contribution in [0.2, 0.25) is 0 Å². The molecule has 1 atom stereocenters. The van der Waals surface area contributed by atoms with Crippen LogP contribution >= 0.6 is 11.8 Å².